The Labute approximate surface area is 95.1 Å². The molecule has 1 heterocycles. The van der Waals surface area contributed by atoms with Gasteiger partial charge in [-0.25, -0.2) is 0 Å². The lowest BCUT2D eigenvalue weighted by atomic mass is 10.3. The van der Waals surface area contributed by atoms with E-state index in [1.54, 1.807) is 34.1 Å². The summed E-state index contributed by atoms with van der Waals surface area (Å²) in [7, 11) is 0. The van der Waals surface area contributed by atoms with Crippen molar-refractivity contribution in [3.8, 4) is 5.75 Å². The minimum absolute atomic E-state index is 0.293. The van der Waals surface area contributed by atoms with Gasteiger partial charge in [-0.1, -0.05) is 11.8 Å². The van der Waals surface area contributed by atoms with Crippen molar-refractivity contribution >= 4 is 60.5 Å². The molecule has 1 aromatic rings. The predicted molar refractivity (Wildman–Crippen MR) is 71.5 cm³/mol. The van der Waals surface area contributed by atoms with Gasteiger partial charge in [0.05, 0.1) is 0 Å². The summed E-state index contributed by atoms with van der Waals surface area (Å²) >= 11 is 14.2. The van der Waals surface area contributed by atoms with Crippen LogP contribution in [0.5, 0.6) is 5.75 Å². The summed E-state index contributed by atoms with van der Waals surface area (Å²) in [6.45, 7) is 0. The average Bonchev–Trinajstić information content (AvgIpc) is 2.03. The number of rotatable bonds is 1. The first-order valence-electron chi connectivity index (χ1n) is 3.36. The van der Waals surface area contributed by atoms with E-state index in [9.17, 15) is 0 Å². The summed E-state index contributed by atoms with van der Waals surface area (Å²) in [6.07, 6.45) is 0. The summed E-state index contributed by atoms with van der Waals surface area (Å²) in [6, 6.07) is 7.20. The van der Waals surface area contributed by atoms with Crippen molar-refractivity contribution < 1.29 is 5.11 Å². The molecule has 0 atom stereocenters. The highest BCUT2D eigenvalue weighted by Crippen LogP contribution is 2.96. The van der Waals surface area contributed by atoms with Crippen LogP contribution in [-0.4, -0.2) is 5.11 Å². The second-order valence-corrected chi connectivity index (χ2v) is 21.0. The molecular formula is C6H5OP2S4+. The number of hydrogen-bond donors (Lipinski definition) is 1. The van der Waals surface area contributed by atoms with Gasteiger partial charge in [-0.3, -0.25) is 0 Å². The third kappa shape index (κ3) is 2.11. The Bertz CT molecular complexity index is 390. The molecule has 7 heteroatoms. The number of benzene rings is 1. The molecule has 0 unspecified atom stereocenters. The SMILES string of the molecule is Oc1ccc(P2(=S)S[P+](=S)S2)cc1. The molecular weight excluding hydrogens is 278 g/mol. The molecule has 13 heavy (non-hydrogen) atoms. The third-order valence-electron chi connectivity index (χ3n) is 1.51. The maximum absolute atomic E-state index is 9.11. The van der Waals surface area contributed by atoms with Gasteiger partial charge in [-0.15, -0.1) is 0 Å². The Hall–Kier alpha value is 0.890. The van der Waals surface area contributed by atoms with Crippen LogP contribution in [0, 0.1) is 0 Å². The molecule has 0 spiro atoms. The summed E-state index contributed by atoms with van der Waals surface area (Å²) in [5.74, 6) is 0.293. The smallest absolute Gasteiger partial charge is 0.329 e. The van der Waals surface area contributed by atoms with Crippen LogP contribution in [0.1, 0.15) is 0 Å². The molecule has 1 aromatic carbocycles. The molecule has 0 aliphatic carbocycles. The van der Waals surface area contributed by atoms with E-state index in [0.29, 0.717) is 5.75 Å². The van der Waals surface area contributed by atoms with E-state index < -0.39 is 4.44 Å². The zero-order valence-corrected chi connectivity index (χ0v) is 11.3. The molecule has 2 rings (SSSR count). The quantitative estimate of drug-likeness (QED) is 0.792. The third-order valence-corrected chi connectivity index (χ3v) is 27.8. The Morgan fingerprint density at radius 1 is 1.23 bits per heavy atom. The van der Waals surface area contributed by atoms with E-state index in [2.05, 4.69) is 0 Å². The average molecular weight is 283 g/mol. The molecule has 0 amide bonds. The highest BCUT2D eigenvalue weighted by atomic mass is 33.7. The van der Waals surface area contributed by atoms with E-state index in [4.69, 9.17) is 28.7 Å². The standard InChI is InChI=1S/C6H4OP2S4/c7-5-1-3-6(4-2-5)9(11)12-8(10)13-9/h1-4H/p+1. The van der Waals surface area contributed by atoms with Gasteiger partial charge < -0.3 is 5.11 Å². The molecule has 0 saturated carbocycles. The lowest BCUT2D eigenvalue weighted by Crippen LogP contribution is -1.99. The van der Waals surface area contributed by atoms with Crippen LogP contribution in [-0.2, 0) is 23.6 Å². The molecule has 0 bridgehead atoms. The lowest BCUT2D eigenvalue weighted by molar-refractivity contribution is 0.475. The Balaban J connectivity index is 2.32. The topological polar surface area (TPSA) is 20.2 Å². The fraction of sp³-hybridized carbons (Fsp3) is 0. The maximum Gasteiger partial charge on any atom is 0.329 e. The minimum Gasteiger partial charge on any atom is -0.508 e. The van der Waals surface area contributed by atoms with Gasteiger partial charge in [0.1, 0.15) is 5.75 Å². The fourth-order valence-corrected chi connectivity index (χ4v) is 32.7. The molecule has 68 valence electrons. The van der Waals surface area contributed by atoms with Crippen molar-refractivity contribution in [1.29, 1.82) is 0 Å². The van der Waals surface area contributed by atoms with Crippen LogP contribution < -0.4 is 5.30 Å². The van der Waals surface area contributed by atoms with Crippen molar-refractivity contribution in [2.75, 3.05) is 0 Å². The molecule has 0 radical (unpaired) electrons. The van der Waals surface area contributed by atoms with Gasteiger partial charge in [-0.2, -0.15) is 0 Å². The molecule has 1 nitrogen and oxygen atoms in total. The van der Waals surface area contributed by atoms with E-state index in [-0.39, 0.29) is 5.10 Å². The first-order valence-corrected chi connectivity index (χ1v) is 12.6. The van der Waals surface area contributed by atoms with E-state index >= 15 is 0 Å². The van der Waals surface area contributed by atoms with Gasteiger partial charge in [-0.05, 0) is 24.3 Å². The van der Waals surface area contributed by atoms with Crippen molar-refractivity contribution in [1.82, 2.24) is 0 Å². The van der Waals surface area contributed by atoms with Crippen LogP contribution in [0.25, 0.3) is 0 Å². The molecule has 1 aliphatic rings. The summed E-state index contributed by atoms with van der Waals surface area (Å²) < 4.78 is -1.44. The number of aromatic hydroxyl groups is 1. The maximum atomic E-state index is 9.11. The Morgan fingerprint density at radius 2 is 1.77 bits per heavy atom. The summed E-state index contributed by atoms with van der Waals surface area (Å²) in [4.78, 5) is 0. The molecule has 0 aromatic heterocycles. The van der Waals surface area contributed by atoms with Crippen molar-refractivity contribution in [2.45, 2.75) is 0 Å². The Kier molecular flexibility index (Phi) is 3.05. The number of hydrogen-bond acceptors (Lipinski definition) is 5. The minimum atomic E-state index is -1.44. The van der Waals surface area contributed by atoms with Crippen LogP contribution in [0.4, 0.5) is 0 Å². The zero-order valence-electron chi connectivity index (χ0n) is 6.28. The number of phenolic OH excluding ortho intramolecular Hbond substituents is 1. The van der Waals surface area contributed by atoms with Crippen LogP contribution in [0.3, 0.4) is 0 Å². The molecule has 1 N–H and O–H groups in total. The van der Waals surface area contributed by atoms with Gasteiger partial charge in [0.15, 0.2) is 38.3 Å². The van der Waals surface area contributed by atoms with Gasteiger partial charge in [0.25, 0.3) is 0 Å². The normalized spacial score (nSPS) is 29.7. The predicted octanol–water partition coefficient (Wildman–Crippen LogP) is 3.58. The van der Waals surface area contributed by atoms with Gasteiger partial charge in [0, 0.05) is 5.30 Å². The first-order chi connectivity index (χ1) is 6.10. The van der Waals surface area contributed by atoms with Crippen LogP contribution >= 0.6 is 31.5 Å². The van der Waals surface area contributed by atoms with Gasteiger partial charge in [0.2, 0.25) is 0 Å². The Morgan fingerprint density at radius 3 is 2.23 bits per heavy atom. The highest BCUT2D eigenvalue weighted by molar-refractivity contribution is 9.44. The van der Waals surface area contributed by atoms with Crippen molar-refractivity contribution in [3.63, 3.8) is 0 Å². The van der Waals surface area contributed by atoms with E-state index in [1.807, 2.05) is 12.1 Å². The van der Waals surface area contributed by atoms with E-state index in [0.717, 1.165) is 0 Å². The summed E-state index contributed by atoms with van der Waals surface area (Å²) in [5.41, 5.74) is 0. The lowest BCUT2D eigenvalue weighted by Gasteiger charge is -2.17. The molecule has 1 fully saturated rings. The van der Waals surface area contributed by atoms with Crippen LogP contribution in [0.2, 0.25) is 0 Å². The molecule has 1 saturated heterocycles. The largest absolute Gasteiger partial charge is 0.508 e. The first kappa shape index (κ1) is 10.4. The zero-order chi connectivity index (χ0) is 9.47. The molecule has 1 aliphatic heterocycles. The monoisotopic (exact) mass is 283 g/mol. The van der Waals surface area contributed by atoms with Crippen molar-refractivity contribution in [2.24, 2.45) is 0 Å². The fourth-order valence-electron chi connectivity index (χ4n) is 0.911. The number of phenols is 1. The highest BCUT2D eigenvalue weighted by Gasteiger charge is 2.48. The second kappa shape index (κ2) is 3.80. The van der Waals surface area contributed by atoms with E-state index in [1.165, 1.54) is 5.30 Å². The van der Waals surface area contributed by atoms with Gasteiger partial charge >= 0.3 is 5.10 Å². The van der Waals surface area contributed by atoms with Crippen molar-refractivity contribution in [3.05, 3.63) is 24.3 Å². The second-order valence-electron chi connectivity index (χ2n) is 2.40. The van der Waals surface area contributed by atoms with Crippen LogP contribution in [0.15, 0.2) is 24.3 Å². The summed E-state index contributed by atoms with van der Waals surface area (Å²) in [5, 5.41) is 9.94.